The highest BCUT2D eigenvalue weighted by atomic mass is 35.5. The van der Waals surface area contributed by atoms with Crippen molar-refractivity contribution >= 4 is 34.8 Å². The van der Waals surface area contributed by atoms with Crippen molar-refractivity contribution in [1.82, 2.24) is 4.98 Å². The second kappa shape index (κ2) is 6.23. The van der Waals surface area contributed by atoms with Gasteiger partial charge in [0.2, 0.25) is 0 Å². The number of halogens is 1. The van der Waals surface area contributed by atoms with Crippen LogP contribution in [0.15, 0.2) is 42.6 Å². The molecule has 2 N–H and O–H groups in total. The maximum Gasteiger partial charge on any atom is 0.419 e. The van der Waals surface area contributed by atoms with E-state index < -0.39 is 11.7 Å². The number of carbonyl (C=O) groups excluding carboxylic acids is 1. The van der Waals surface area contributed by atoms with Gasteiger partial charge in [0, 0.05) is 11.9 Å². The Balaban J connectivity index is 2.47. The first-order valence-electron chi connectivity index (χ1n) is 6.76. The minimum Gasteiger partial charge on any atom is -0.443 e. The first-order valence-corrected chi connectivity index (χ1v) is 7.14. The lowest BCUT2D eigenvalue weighted by Gasteiger charge is -2.27. The topological polar surface area (TPSA) is 68.5 Å². The van der Waals surface area contributed by atoms with Gasteiger partial charge in [-0.2, -0.15) is 0 Å². The first kappa shape index (κ1) is 16.1. The Morgan fingerprint density at radius 1 is 1.23 bits per heavy atom. The molecule has 1 heterocycles. The monoisotopic (exact) mass is 319 g/mol. The predicted molar refractivity (Wildman–Crippen MR) is 88.5 cm³/mol. The second-order valence-electron chi connectivity index (χ2n) is 5.75. The molecule has 0 saturated heterocycles. The van der Waals surface area contributed by atoms with Gasteiger partial charge in [0.15, 0.2) is 0 Å². The highest BCUT2D eigenvalue weighted by Crippen LogP contribution is 2.29. The molecule has 0 atom stereocenters. The number of aromatic nitrogens is 1. The highest BCUT2D eigenvalue weighted by Gasteiger charge is 2.25. The van der Waals surface area contributed by atoms with E-state index in [1.165, 1.54) is 11.1 Å². The molecule has 5 nitrogen and oxygen atoms in total. The molecule has 1 aromatic carbocycles. The van der Waals surface area contributed by atoms with Crippen LogP contribution in [0.1, 0.15) is 20.8 Å². The fraction of sp³-hybridized carbons (Fsp3) is 0.250. The fourth-order valence-corrected chi connectivity index (χ4v) is 2.03. The first-order chi connectivity index (χ1) is 10.3. The van der Waals surface area contributed by atoms with Crippen LogP contribution >= 0.6 is 11.6 Å². The Morgan fingerprint density at radius 3 is 2.50 bits per heavy atom. The molecule has 0 aliphatic rings. The van der Waals surface area contributed by atoms with Crippen LogP contribution < -0.4 is 10.6 Å². The van der Waals surface area contributed by atoms with Crippen molar-refractivity contribution in [2.24, 2.45) is 0 Å². The van der Waals surface area contributed by atoms with E-state index in [9.17, 15) is 4.79 Å². The molecular weight excluding hydrogens is 302 g/mol. The van der Waals surface area contributed by atoms with Crippen molar-refractivity contribution in [2.75, 3.05) is 10.6 Å². The minimum absolute atomic E-state index is 0.287. The maximum atomic E-state index is 12.6. The molecular formula is C16H18ClN3O2. The van der Waals surface area contributed by atoms with Gasteiger partial charge >= 0.3 is 6.09 Å². The molecule has 0 spiro atoms. The van der Waals surface area contributed by atoms with E-state index in [4.69, 9.17) is 22.1 Å². The van der Waals surface area contributed by atoms with Crippen LogP contribution in [0.3, 0.4) is 0 Å². The van der Waals surface area contributed by atoms with Crippen molar-refractivity contribution in [3.05, 3.63) is 47.7 Å². The lowest BCUT2D eigenvalue weighted by Crippen LogP contribution is -2.33. The highest BCUT2D eigenvalue weighted by molar-refractivity contribution is 6.29. The molecule has 0 aliphatic carbocycles. The summed E-state index contributed by atoms with van der Waals surface area (Å²) in [6, 6.07) is 10.3. The number of ether oxygens (including phenoxy) is 1. The van der Waals surface area contributed by atoms with Gasteiger partial charge in [-0.15, -0.1) is 0 Å². The van der Waals surface area contributed by atoms with E-state index in [0.29, 0.717) is 17.1 Å². The zero-order valence-electron chi connectivity index (χ0n) is 12.7. The number of amides is 1. The molecule has 2 aromatic rings. The van der Waals surface area contributed by atoms with Crippen molar-refractivity contribution in [3.63, 3.8) is 0 Å². The molecule has 0 radical (unpaired) electrons. The predicted octanol–water partition coefficient (Wildman–Crippen LogP) is 4.39. The summed E-state index contributed by atoms with van der Waals surface area (Å²) in [5.41, 5.74) is 6.89. The number of anilines is 3. The summed E-state index contributed by atoms with van der Waals surface area (Å²) in [4.78, 5) is 17.9. The molecule has 0 unspecified atom stereocenters. The summed E-state index contributed by atoms with van der Waals surface area (Å²) in [6.07, 6.45) is 1.02. The summed E-state index contributed by atoms with van der Waals surface area (Å²) in [5.74, 6) is 0. The Hall–Kier alpha value is -2.27. The normalized spacial score (nSPS) is 11.1. The van der Waals surface area contributed by atoms with Crippen LogP contribution in [0.2, 0.25) is 5.15 Å². The Kier molecular flexibility index (Phi) is 4.56. The molecule has 2 rings (SSSR count). The van der Waals surface area contributed by atoms with E-state index in [1.807, 2.05) is 20.8 Å². The molecule has 1 amide bonds. The number of benzene rings is 1. The van der Waals surface area contributed by atoms with Crippen LogP contribution in [0.5, 0.6) is 0 Å². The Morgan fingerprint density at radius 2 is 1.91 bits per heavy atom. The molecule has 0 saturated carbocycles. The number of pyridine rings is 1. The molecule has 0 aliphatic heterocycles. The number of rotatable bonds is 2. The number of carbonyl (C=O) groups is 1. The largest absolute Gasteiger partial charge is 0.443 e. The van der Waals surface area contributed by atoms with Gasteiger partial charge in [-0.05, 0) is 51.1 Å². The lowest BCUT2D eigenvalue weighted by molar-refractivity contribution is 0.0599. The molecule has 6 heteroatoms. The van der Waals surface area contributed by atoms with Crippen LogP contribution in [-0.4, -0.2) is 16.7 Å². The quantitative estimate of drug-likeness (QED) is 0.658. The minimum atomic E-state index is -0.619. The lowest BCUT2D eigenvalue weighted by atomic mass is 10.2. The molecule has 1 aromatic heterocycles. The van der Waals surface area contributed by atoms with Crippen molar-refractivity contribution in [1.29, 1.82) is 0 Å². The third-order valence-electron chi connectivity index (χ3n) is 2.67. The SMILES string of the molecule is CC(C)(C)OC(=O)N(c1cccc(N)c1)c1ccnc(Cl)c1. The third-order valence-corrected chi connectivity index (χ3v) is 2.88. The van der Waals surface area contributed by atoms with E-state index in [-0.39, 0.29) is 5.15 Å². The average molecular weight is 320 g/mol. The molecule has 116 valence electrons. The number of nitrogens with two attached hydrogens (primary N) is 1. The van der Waals surface area contributed by atoms with Crippen molar-refractivity contribution in [3.8, 4) is 0 Å². The Labute approximate surface area is 134 Å². The summed E-state index contributed by atoms with van der Waals surface area (Å²) in [7, 11) is 0. The van der Waals surface area contributed by atoms with Gasteiger partial charge in [-0.1, -0.05) is 17.7 Å². The van der Waals surface area contributed by atoms with Crippen LogP contribution in [-0.2, 0) is 4.74 Å². The number of hydrogen-bond donors (Lipinski definition) is 1. The van der Waals surface area contributed by atoms with Crippen molar-refractivity contribution in [2.45, 2.75) is 26.4 Å². The number of nitrogens with zero attached hydrogens (tertiary/aromatic N) is 2. The maximum absolute atomic E-state index is 12.6. The second-order valence-corrected chi connectivity index (χ2v) is 6.13. The van der Waals surface area contributed by atoms with Gasteiger partial charge in [0.25, 0.3) is 0 Å². The molecule has 0 bridgehead atoms. The number of nitrogen functional groups attached to an aromatic ring is 1. The third kappa shape index (κ3) is 4.11. The van der Waals surface area contributed by atoms with E-state index in [0.717, 1.165) is 0 Å². The zero-order chi connectivity index (χ0) is 16.3. The van der Waals surface area contributed by atoms with Crippen molar-refractivity contribution < 1.29 is 9.53 Å². The van der Waals surface area contributed by atoms with Crippen LogP contribution in [0.4, 0.5) is 21.9 Å². The average Bonchev–Trinajstić information content (AvgIpc) is 2.37. The van der Waals surface area contributed by atoms with Gasteiger partial charge in [0.1, 0.15) is 10.8 Å². The van der Waals surface area contributed by atoms with Gasteiger partial charge < -0.3 is 10.5 Å². The fourth-order valence-electron chi connectivity index (χ4n) is 1.86. The van der Waals surface area contributed by atoms with Gasteiger partial charge in [-0.25, -0.2) is 14.7 Å². The van der Waals surface area contributed by atoms with Crippen LogP contribution in [0.25, 0.3) is 0 Å². The summed E-state index contributed by atoms with van der Waals surface area (Å²) < 4.78 is 5.47. The van der Waals surface area contributed by atoms with E-state index in [1.54, 1.807) is 36.4 Å². The van der Waals surface area contributed by atoms with Gasteiger partial charge in [-0.3, -0.25) is 0 Å². The summed E-state index contributed by atoms with van der Waals surface area (Å²) in [5, 5.41) is 0.287. The smallest absolute Gasteiger partial charge is 0.419 e. The zero-order valence-corrected chi connectivity index (χ0v) is 13.5. The van der Waals surface area contributed by atoms with E-state index in [2.05, 4.69) is 4.98 Å². The van der Waals surface area contributed by atoms with Crippen LogP contribution in [0, 0.1) is 0 Å². The summed E-state index contributed by atoms with van der Waals surface area (Å²) in [6.45, 7) is 5.42. The Bertz CT molecular complexity index is 638. The standard InChI is InChI=1S/C16H18ClN3O2/c1-16(2,3)22-15(21)20(12-6-4-5-11(18)9-12)13-7-8-19-14(17)10-13/h4-10H,18H2,1-3H3. The van der Waals surface area contributed by atoms with Gasteiger partial charge in [0.05, 0.1) is 11.4 Å². The summed E-state index contributed by atoms with van der Waals surface area (Å²) >= 11 is 5.93. The number of hydrogen-bond acceptors (Lipinski definition) is 4. The molecule has 22 heavy (non-hydrogen) atoms. The molecule has 0 fully saturated rings. The van der Waals surface area contributed by atoms with E-state index >= 15 is 0 Å².